The van der Waals surface area contributed by atoms with Gasteiger partial charge in [0.2, 0.25) is 6.10 Å². The third kappa shape index (κ3) is 1.04. The molecule has 0 saturated carbocycles. The minimum atomic E-state index is 0.0187. The minimum Gasteiger partial charge on any atom is -0.302 e. The second kappa shape index (κ2) is 2.58. The molecule has 2 aliphatic heterocycles. The van der Waals surface area contributed by atoms with Gasteiger partial charge in [-0.1, -0.05) is 5.01 Å². The van der Waals surface area contributed by atoms with Gasteiger partial charge in [0.25, 0.3) is 0 Å². The lowest BCUT2D eigenvalue weighted by Crippen LogP contribution is -2.52. The lowest BCUT2D eigenvalue weighted by molar-refractivity contribution is -0.888. The predicted octanol–water partition coefficient (Wildman–Crippen LogP) is -0.370. The van der Waals surface area contributed by atoms with Crippen LogP contribution in [-0.4, -0.2) is 53.8 Å². The van der Waals surface area contributed by atoms with E-state index in [-0.39, 0.29) is 12.1 Å². The fraction of sp³-hybridized carbons (Fsp3) is 1.00. The van der Waals surface area contributed by atoms with E-state index in [0.29, 0.717) is 5.03 Å². The Kier molecular flexibility index (Phi) is 1.68. The second-order valence-electron chi connectivity index (χ2n) is 3.54. The van der Waals surface area contributed by atoms with E-state index in [2.05, 4.69) is 11.9 Å². The first-order valence-corrected chi connectivity index (χ1v) is 4.27. The topological polar surface area (TPSA) is 35.8 Å². The Balaban J connectivity index is 2.12. The van der Waals surface area contributed by atoms with Gasteiger partial charge < -0.3 is 4.90 Å². The molecule has 68 valence electrons. The molecule has 2 aliphatic rings. The van der Waals surface area contributed by atoms with Crippen molar-refractivity contribution in [1.82, 2.24) is 9.91 Å². The molecular formula is C7H14N3O2+. The third-order valence-electron chi connectivity index (χ3n) is 2.60. The molecule has 2 atom stereocenters. The van der Waals surface area contributed by atoms with Crippen molar-refractivity contribution >= 4 is 0 Å². The molecule has 0 radical (unpaired) electrons. The Bertz CT molecular complexity index is 209. The number of hydrogen-bond acceptors (Lipinski definition) is 3. The van der Waals surface area contributed by atoms with Crippen molar-refractivity contribution in [2.75, 3.05) is 26.7 Å². The quantitative estimate of drug-likeness (QED) is 0.499. The summed E-state index contributed by atoms with van der Waals surface area (Å²) in [5, 5.41) is 2.40. The van der Waals surface area contributed by atoms with Gasteiger partial charge in [-0.15, -0.1) is 0 Å². The fourth-order valence-corrected chi connectivity index (χ4v) is 1.81. The molecule has 5 heteroatoms. The van der Waals surface area contributed by atoms with Gasteiger partial charge in [-0.05, 0) is 14.0 Å². The Morgan fingerprint density at radius 1 is 1.50 bits per heavy atom. The molecule has 0 amide bonds. The first-order valence-electron chi connectivity index (χ1n) is 4.27. The smallest absolute Gasteiger partial charge is 0.302 e. The summed E-state index contributed by atoms with van der Waals surface area (Å²) in [6.45, 7) is 4.56. The Labute approximate surface area is 71.4 Å². The summed E-state index contributed by atoms with van der Waals surface area (Å²) in [7, 11) is 2.07. The molecule has 0 N–H and O–H groups in total. The van der Waals surface area contributed by atoms with Crippen molar-refractivity contribution in [3.8, 4) is 0 Å². The zero-order valence-corrected chi connectivity index (χ0v) is 7.43. The van der Waals surface area contributed by atoms with E-state index in [4.69, 9.17) is 4.84 Å². The summed E-state index contributed by atoms with van der Waals surface area (Å²) in [5.74, 6) is 0. The Morgan fingerprint density at radius 2 is 2.25 bits per heavy atom. The van der Waals surface area contributed by atoms with E-state index in [1.54, 1.807) is 5.01 Å². The first-order chi connectivity index (χ1) is 5.68. The Hall–Kier alpha value is -0.840. The molecule has 0 aromatic carbocycles. The van der Waals surface area contributed by atoms with Crippen molar-refractivity contribution in [3.05, 3.63) is 4.91 Å². The average molecular weight is 172 g/mol. The highest BCUT2D eigenvalue weighted by Gasteiger charge is 2.49. The summed E-state index contributed by atoms with van der Waals surface area (Å²) in [6.07, 6.45) is 0.0187. The van der Waals surface area contributed by atoms with Gasteiger partial charge in [0, 0.05) is 13.1 Å². The maximum absolute atomic E-state index is 11.1. The van der Waals surface area contributed by atoms with E-state index < -0.39 is 0 Å². The predicted molar refractivity (Wildman–Crippen MR) is 42.2 cm³/mol. The van der Waals surface area contributed by atoms with E-state index in [1.165, 1.54) is 0 Å². The maximum atomic E-state index is 11.1. The van der Waals surface area contributed by atoms with Crippen LogP contribution >= 0.6 is 0 Å². The van der Waals surface area contributed by atoms with Gasteiger partial charge in [-0.3, -0.25) is 0 Å². The van der Waals surface area contributed by atoms with Gasteiger partial charge in [0.05, 0.1) is 6.54 Å². The molecule has 0 aromatic heterocycles. The van der Waals surface area contributed by atoms with Crippen LogP contribution in [0.15, 0.2) is 0 Å². The zero-order chi connectivity index (χ0) is 8.72. The normalized spacial score (nSPS) is 36.5. The highest BCUT2D eigenvalue weighted by molar-refractivity contribution is 4.81. The molecule has 2 rings (SSSR count). The lowest BCUT2D eigenvalue weighted by atomic mass is 10.1. The van der Waals surface area contributed by atoms with Crippen LogP contribution in [0, 0.1) is 4.91 Å². The van der Waals surface area contributed by atoms with Crippen LogP contribution in [-0.2, 0) is 4.84 Å². The number of nitrogens with zero attached hydrogens (tertiary/aromatic N) is 3. The van der Waals surface area contributed by atoms with Gasteiger partial charge >= 0.3 is 5.03 Å². The molecule has 2 saturated heterocycles. The van der Waals surface area contributed by atoms with E-state index in [0.717, 1.165) is 19.6 Å². The van der Waals surface area contributed by atoms with Gasteiger partial charge in [0.15, 0.2) is 0 Å². The molecular weight excluding hydrogens is 158 g/mol. The summed E-state index contributed by atoms with van der Waals surface area (Å²) in [4.78, 5) is 18.4. The highest BCUT2D eigenvalue weighted by atomic mass is 16.8. The van der Waals surface area contributed by atoms with Crippen LogP contribution in [0.4, 0.5) is 0 Å². The monoisotopic (exact) mass is 172 g/mol. The number of hydrazine groups is 1. The third-order valence-corrected chi connectivity index (χ3v) is 2.60. The molecule has 0 aliphatic carbocycles. The standard InChI is InChI=1S/C7H14N3O2/c1-6-7-5-8(2)3-4-9(7)10(11)12-6/h6-7H,3-5H2,1-2H3/q+1/t6?,7-/m0/s1. The molecule has 0 aromatic rings. The van der Waals surface area contributed by atoms with Crippen LogP contribution in [0.25, 0.3) is 0 Å². The van der Waals surface area contributed by atoms with E-state index >= 15 is 0 Å². The Morgan fingerprint density at radius 3 is 3.00 bits per heavy atom. The number of likely N-dealkylation sites (N-methyl/N-ethyl adjacent to an activating group) is 1. The van der Waals surface area contributed by atoms with E-state index in [9.17, 15) is 4.91 Å². The minimum absolute atomic E-state index is 0.0187. The van der Waals surface area contributed by atoms with Crippen LogP contribution in [0.2, 0.25) is 0 Å². The van der Waals surface area contributed by atoms with Gasteiger partial charge in [0.1, 0.15) is 10.9 Å². The lowest BCUT2D eigenvalue weighted by Gasteiger charge is -2.28. The van der Waals surface area contributed by atoms with Crippen molar-refractivity contribution in [2.24, 2.45) is 0 Å². The van der Waals surface area contributed by atoms with Gasteiger partial charge in [-0.2, -0.15) is 4.84 Å². The first kappa shape index (κ1) is 7.79. The number of fused-ring (bicyclic) bond motifs is 1. The molecule has 1 unspecified atom stereocenters. The summed E-state index contributed by atoms with van der Waals surface area (Å²) in [6, 6.07) is 0.237. The number of hydrogen-bond donors (Lipinski definition) is 0. The second-order valence-corrected chi connectivity index (χ2v) is 3.54. The summed E-state index contributed by atoms with van der Waals surface area (Å²) < 4.78 is 0. The van der Waals surface area contributed by atoms with Crippen molar-refractivity contribution in [1.29, 1.82) is 0 Å². The molecule has 0 spiro atoms. The maximum Gasteiger partial charge on any atom is 0.360 e. The van der Waals surface area contributed by atoms with Crippen molar-refractivity contribution in [2.45, 2.75) is 19.1 Å². The molecule has 2 heterocycles. The van der Waals surface area contributed by atoms with Crippen molar-refractivity contribution < 1.29 is 9.87 Å². The highest BCUT2D eigenvalue weighted by Crippen LogP contribution is 2.21. The van der Waals surface area contributed by atoms with Crippen LogP contribution < -0.4 is 0 Å². The number of piperazine rings is 1. The molecule has 0 bridgehead atoms. The summed E-state index contributed by atoms with van der Waals surface area (Å²) in [5.41, 5.74) is 0. The van der Waals surface area contributed by atoms with Crippen molar-refractivity contribution in [3.63, 3.8) is 0 Å². The SMILES string of the molecule is CC1O[N+](=O)N2CCN(C)C[C@@H]12. The van der Waals surface area contributed by atoms with Gasteiger partial charge in [-0.25, -0.2) is 0 Å². The molecule has 5 nitrogen and oxygen atoms in total. The van der Waals surface area contributed by atoms with Crippen LogP contribution in [0.3, 0.4) is 0 Å². The molecule has 12 heavy (non-hydrogen) atoms. The zero-order valence-electron chi connectivity index (χ0n) is 7.43. The van der Waals surface area contributed by atoms with Crippen LogP contribution in [0.5, 0.6) is 0 Å². The average Bonchev–Trinajstić information content (AvgIpc) is 2.28. The van der Waals surface area contributed by atoms with Crippen LogP contribution in [0.1, 0.15) is 6.92 Å². The van der Waals surface area contributed by atoms with E-state index in [1.807, 2.05) is 6.92 Å². The largest absolute Gasteiger partial charge is 0.360 e. The molecule has 2 fully saturated rings. The fourth-order valence-electron chi connectivity index (χ4n) is 1.81. The number of rotatable bonds is 0. The summed E-state index contributed by atoms with van der Waals surface area (Å²) >= 11 is 0.